The molecule has 120 valence electrons. The molecule has 3 rings (SSSR count). The summed E-state index contributed by atoms with van der Waals surface area (Å²) in [6.45, 7) is 3.61. The van der Waals surface area contributed by atoms with E-state index in [-0.39, 0.29) is 17.6 Å². The number of hydrogen-bond donors (Lipinski definition) is 1. The predicted molar refractivity (Wildman–Crippen MR) is 88.9 cm³/mol. The van der Waals surface area contributed by atoms with Crippen LogP contribution in [-0.4, -0.2) is 24.0 Å². The summed E-state index contributed by atoms with van der Waals surface area (Å²) in [5.41, 5.74) is 1.64. The van der Waals surface area contributed by atoms with Gasteiger partial charge in [0.25, 0.3) is 0 Å². The van der Waals surface area contributed by atoms with Gasteiger partial charge in [-0.05, 0) is 56.2 Å². The highest BCUT2D eigenvalue weighted by atomic mass is 19.1. The lowest BCUT2D eigenvalue weighted by atomic mass is 9.95. The number of aromatic nitrogens is 1. The number of amides is 1. The molecule has 1 amide bonds. The smallest absolute Gasteiger partial charge is 0.227 e. The van der Waals surface area contributed by atoms with Gasteiger partial charge in [0.1, 0.15) is 11.6 Å². The average Bonchev–Trinajstić information content (AvgIpc) is 2.57. The van der Waals surface area contributed by atoms with Gasteiger partial charge in [-0.25, -0.2) is 9.37 Å². The summed E-state index contributed by atoms with van der Waals surface area (Å²) in [6.07, 6.45) is 1.59. The number of aryl methyl sites for hydroxylation is 1. The molecule has 1 saturated heterocycles. The largest absolute Gasteiger partial charge is 0.357 e. The molecule has 23 heavy (non-hydrogen) atoms. The third-order valence-electron chi connectivity index (χ3n) is 4.18. The van der Waals surface area contributed by atoms with E-state index in [0.29, 0.717) is 5.69 Å². The third-order valence-corrected chi connectivity index (χ3v) is 4.18. The SMILES string of the molecule is Cc1cccc(N2CCC(C(=O)Nc3ccc(F)cc3)CC2)n1. The first kappa shape index (κ1) is 15.5. The molecule has 1 aromatic heterocycles. The lowest BCUT2D eigenvalue weighted by Crippen LogP contribution is -2.38. The van der Waals surface area contributed by atoms with Crippen LogP contribution in [0.25, 0.3) is 0 Å². The molecule has 0 unspecified atom stereocenters. The maximum Gasteiger partial charge on any atom is 0.227 e. The van der Waals surface area contributed by atoms with E-state index in [4.69, 9.17) is 0 Å². The Balaban J connectivity index is 1.56. The molecule has 2 heterocycles. The number of benzene rings is 1. The van der Waals surface area contributed by atoms with Gasteiger partial charge in [0.2, 0.25) is 5.91 Å². The molecule has 0 atom stereocenters. The molecule has 5 heteroatoms. The molecule has 0 spiro atoms. The zero-order valence-corrected chi connectivity index (χ0v) is 13.1. The topological polar surface area (TPSA) is 45.2 Å². The zero-order chi connectivity index (χ0) is 16.2. The summed E-state index contributed by atoms with van der Waals surface area (Å²) in [5.74, 6) is 0.666. The van der Waals surface area contributed by atoms with Crippen LogP contribution in [0.5, 0.6) is 0 Å². The summed E-state index contributed by atoms with van der Waals surface area (Å²) < 4.78 is 12.9. The number of rotatable bonds is 3. The van der Waals surface area contributed by atoms with Gasteiger partial charge >= 0.3 is 0 Å². The second-order valence-electron chi connectivity index (χ2n) is 5.89. The molecule has 1 fully saturated rings. The highest BCUT2D eigenvalue weighted by molar-refractivity contribution is 5.92. The Morgan fingerprint density at radius 1 is 1.17 bits per heavy atom. The molecule has 0 bridgehead atoms. The Bertz CT molecular complexity index is 679. The minimum Gasteiger partial charge on any atom is -0.357 e. The molecule has 1 aromatic carbocycles. The fourth-order valence-corrected chi connectivity index (χ4v) is 2.85. The summed E-state index contributed by atoms with van der Waals surface area (Å²) in [5, 5.41) is 2.86. The fraction of sp³-hybridized carbons (Fsp3) is 0.333. The lowest BCUT2D eigenvalue weighted by Gasteiger charge is -2.32. The van der Waals surface area contributed by atoms with Gasteiger partial charge in [0, 0.05) is 30.4 Å². The highest BCUT2D eigenvalue weighted by Gasteiger charge is 2.25. The minimum absolute atomic E-state index is 0.00783. The van der Waals surface area contributed by atoms with Crippen molar-refractivity contribution in [2.24, 2.45) is 5.92 Å². The quantitative estimate of drug-likeness (QED) is 0.945. The molecular formula is C18H20FN3O. The molecule has 0 aliphatic carbocycles. The number of anilines is 2. The van der Waals surface area contributed by atoms with Crippen LogP contribution in [0, 0.1) is 18.7 Å². The van der Waals surface area contributed by atoms with Gasteiger partial charge in [-0.2, -0.15) is 0 Å². The Morgan fingerprint density at radius 3 is 2.52 bits per heavy atom. The van der Waals surface area contributed by atoms with E-state index in [1.54, 1.807) is 12.1 Å². The van der Waals surface area contributed by atoms with E-state index in [2.05, 4.69) is 15.2 Å². The minimum atomic E-state index is -0.304. The maximum atomic E-state index is 12.9. The summed E-state index contributed by atoms with van der Waals surface area (Å²) in [4.78, 5) is 19.1. The summed E-state index contributed by atoms with van der Waals surface area (Å²) >= 11 is 0. The van der Waals surface area contributed by atoms with Crippen molar-refractivity contribution in [3.8, 4) is 0 Å². The first-order valence-electron chi connectivity index (χ1n) is 7.87. The molecule has 1 aliphatic rings. The van der Waals surface area contributed by atoms with Gasteiger partial charge in [-0.3, -0.25) is 4.79 Å². The Morgan fingerprint density at radius 2 is 1.87 bits per heavy atom. The first-order valence-corrected chi connectivity index (χ1v) is 7.87. The normalized spacial score (nSPS) is 15.5. The second-order valence-corrected chi connectivity index (χ2v) is 5.89. The number of nitrogens with one attached hydrogen (secondary N) is 1. The van der Waals surface area contributed by atoms with E-state index in [0.717, 1.165) is 37.4 Å². The number of pyridine rings is 1. The molecule has 4 nitrogen and oxygen atoms in total. The highest BCUT2D eigenvalue weighted by Crippen LogP contribution is 2.23. The molecule has 1 aliphatic heterocycles. The Hall–Kier alpha value is -2.43. The molecule has 2 aromatic rings. The van der Waals surface area contributed by atoms with Crippen molar-refractivity contribution in [2.75, 3.05) is 23.3 Å². The van der Waals surface area contributed by atoms with Crippen LogP contribution < -0.4 is 10.2 Å². The van der Waals surface area contributed by atoms with Crippen LogP contribution in [0.4, 0.5) is 15.9 Å². The van der Waals surface area contributed by atoms with Crippen LogP contribution in [0.2, 0.25) is 0 Å². The fourth-order valence-electron chi connectivity index (χ4n) is 2.85. The number of carbonyl (C=O) groups excluding carboxylic acids is 1. The van der Waals surface area contributed by atoms with Crippen molar-refractivity contribution in [3.63, 3.8) is 0 Å². The van der Waals surface area contributed by atoms with Crippen molar-refractivity contribution in [1.82, 2.24) is 4.98 Å². The number of hydrogen-bond acceptors (Lipinski definition) is 3. The van der Waals surface area contributed by atoms with Crippen molar-refractivity contribution >= 4 is 17.4 Å². The van der Waals surface area contributed by atoms with Gasteiger partial charge in [0.05, 0.1) is 0 Å². The lowest BCUT2D eigenvalue weighted by molar-refractivity contribution is -0.120. The van der Waals surface area contributed by atoms with Gasteiger partial charge in [-0.1, -0.05) is 6.07 Å². The molecular weight excluding hydrogens is 293 g/mol. The van der Waals surface area contributed by atoms with Crippen molar-refractivity contribution in [1.29, 1.82) is 0 Å². The van der Waals surface area contributed by atoms with E-state index in [9.17, 15) is 9.18 Å². The van der Waals surface area contributed by atoms with Gasteiger partial charge in [-0.15, -0.1) is 0 Å². The first-order chi connectivity index (χ1) is 11.1. The number of carbonyl (C=O) groups is 1. The van der Waals surface area contributed by atoms with Crippen LogP contribution in [0.3, 0.4) is 0 Å². The van der Waals surface area contributed by atoms with Crippen molar-refractivity contribution < 1.29 is 9.18 Å². The van der Waals surface area contributed by atoms with Crippen LogP contribution in [0.15, 0.2) is 42.5 Å². The Labute approximate surface area is 135 Å². The van der Waals surface area contributed by atoms with Crippen molar-refractivity contribution in [2.45, 2.75) is 19.8 Å². The van der Waals surface area contributed by atoms with Crippen LogP contribution >= 0.6 is 0 Å². The number of nitrogens with zero attached hydrogens (tertiary/aromatic N) is 2. The van der Waals surface area contributed by atoms with E-state index >= 15 is 0 Å². The predicted octanol–water partition coefficient (Wildman–Crippen LogP) is 3.38. The summed E-state index contributed by atoms with van der Waals surface area (Å²) in [7, 11) is 0. The van der Waals surface area contributed by atoms with Crippen LogP contribution in [-0.2, 0) is 4.79 Å². The molecule has 1 N–H and O–H groups in total. The van der Waals surface area contributed by atoms with Gasteiger partial charge < -0.3 is 10.2 Å². The second kappa shape index (κ2) is 6.77. The van der Waals surface area contributed by atoms with E-state index < -0.39 is 0 Å². The standard InChI is InChI=1S/C18H20FN3O/c1-13-3-2-4-17(20-13)22-11-9-14(10-12-22)18(23)21-16-7-5-15(19)6-8-16/h2-8,14H,9-12H2,1H3,(H,21,23). The number of halogens is 1. The molecule has 0 radical (unpaired) electrons. The third kappa shape index (κ3) is 3.86. The average molecular weight is 313 g/mol. The van der Waals surface area contributed by atoms with E-state index in [1.165, 1.54) is 12.1 Å². The maximum absolute atomic E-state index is 12.9. The van der Waals surface area contributed by atoms with Crippen LogP contribution in [0.1, 0.15) is 18.5 Å². The van der Waals surface area contributed by atoms with Crippen molar-refractivity contribution in [3.05, 3.63) is 54.0 Å². The number of piperidine rings is 1. The van der Waals surface area contributed by atoms with Gasteiger partial charge in [0.15, 0.2) is 0 Å². The Kier molecular flexibility index (Phi) is 4.55. The summed E-state index contributed by atoms with van der Waals surface area (Å²) in [6, 6.07) is 11.9. The van der Waals surface area contributed by atoms with E-state index in [1.807, 2.05) is 25.1 Å². The zero-order valence-electron chi connectivity index (χ0n) is 13.1. The molecule has 0 saturated carbocycles. The monoisotopic (exact) mass is 313 g/mol.